The van der Waals surface area contributed by atoms with Crippen molar-refractivity contribution in [3.05, 3.63) is 0 Å². The van der Waals surface area contributed by atoms with Crippen LogP contribution >= 0.6 is 0 Å². The molecule has 0 aliphatic carbocycles. The molecule has 1 atom stereocenters. The largest absolute Gasteiger partial charge is 0.379 e. The normalized spacial score (nSPS) is 19.9. The molecule has 1 unspecified atom stereocenters. The lowest BCUT2D eigenvalue weighted by Crippen LogP contribution is -2.21. The van der Waals surface area contributed by atoms with Gasteiger partial charge in [0.2, 0.25) is 5.91 Å². The van der Waals surface area contributed by atoms with Crippen molar-refractivity contribution in [1.29, 1.82) is 0 Å². The first-order valence-electron chi connectivity index (χ1n) is 4.73. The first-order chi connectivity index (χ1) is 6.29. The monoisotopic (exact) mass is 187 g/mol. The minimum absolute atomic E-state index is 0.0345. The molecule has 1 rings (SSSR count). The van der Waals surface area contributed by atoms with E-state index in [1.54, 1.807) is 0 Å². The van der Waals surface area contributed by atoms with E-state index in [-0.39, 0.29) is 5.91 Å². The summed E-state index contributed by atoms with van der Waals surface area (Å²) in [4.78, 5) is 10.5. The average Bonchev–Trinajstić information content (AvgIpc) is 2.86. The van der Waals surface area contributed by atoms with Gasteiger partial charge in [-0.1, -0.05) is 0 Å². The van der Waals surface area contributed by atoms with Crippen molar-refractivity contribution in [3.8, 4) is 0 Å². The number of epoxide rings is 1. The minimum Gasteiger partial charge on any atom is -0.379 e. The van der Waals surface area contributed by atoms with Crippen LogP contribution in [0.3, 0.4) is 0 Å². The van der Waals surface area contributed by atoms with E-state index in [2.05, 4.69) is 5.32 Å². The molecule has 0 bridgehead atoms. The van der Waals surface area contributed by atoms with E-state index >= 15 is 0 Å². The minimum atomic E-state index is 0.0345. The van der Waals surface area contributed by atoms with Crippen LogP contribution in [0.25, 0.3) is 0 Å². The predicted molar refractivity (Wildman–Crippen MR) is 48.5 cm³/mol. The smallest absolute Gasteiger partial charge is 0.216 e. The maximum atomic E-state index is 10.5. The number of unbranched alkanes of at least 4 members (excludes halogenated alkanes) is 1. The molecule has 13 heavy (non-hydrogen) atoms. The van der Waals surface area contributed by atoms with Crippen LogP contribution in [0, 0.1) is 0 Å². The van der Waals surface area contributed by atoms with Gasteiger partial charge in [0.25, 0.3) is 0 Å². The lowest BCUT2D eigenvalue weighted by atomic mass is 10.3. The second-order valence-electron chi connectivity index (χ2n) is 3.22. The second kappa shape index (κ2) is 5.94. The van der Waals surface area contributed by atoms with Gasteiger partial charge in [-0.25, -0.2) is 0 Å². The third-order valence-corrected chi connectivity index (χ3v) is 1.80. The standard InChI is InChI=1S/C9H17NO3/c1-8(11)10-4-2-3-5-12-6-9-7-13-9/h9H,2-7H2,1H3,(H,10,11). The highest BCUT2D eigenvalue weighted by Crippen LogP contribution is 2.08. The van der Waals surface area contributed by atoms with Gasteiger partial charge >= 0.3 is 0 Å². The lowest BCUT2D eigenvalue weighted by Gasteiger charge is -2.02. The molecule has 1 heterocycles. The van der Waals surface area contributed by atoms with Crippen molar-refractivity contribution in [2.24, 2.45) is 0 Å². The van der Waals surface area contributed by atoms with Crippen molar-refractivity contribution in [2.75, 3.05) is 26.4 Å². The van der Waals surface area contributed by atoms with E-state index in [1.807, 2.05) is 0 Å². The van der Waals surface area contributed by atoms with Crippen LogP contribution in [0.5, 0.6) is 0 Å². The Morgan fingerprint density at radius 2 is 2.38 bits per heavy atom. The summed E-state index contributed by atoms with van der Waals surface area (Å²) in [5.41, 5.74) is 0. The van der Waals surface area contributed by atoms with Crippen LogP contribution in [-0.2, 0) is 14.3 Å². The molecule has 0 aromatic carbocycles. The van der Waals surface area contributed by atoms with E-state index < -0.39 is 0 Å². The number of amides is 1. The molecule has 1 saturated heterocycles. The summed E-state index contributed by atoms with van der Waals surface area (Å²) in [6, 6.07) is 0. The van der Waals surface area contributed by atoms with Gasteiger partial charge in [0.05, 0.1) is 13.2 Å². The van der Waals surface area contributed by atoms with Gasteiger partial charge in [-0.15, -0.1) is 0 Å². The Kier molecular flexibility index (Phi) is 4.78. The summed E-state index contributed by atoms with van der Waals surface area (Å²) in [7, 11) is 0. The number of carbonyl (C=O) groups excluding carboxylic acids is 1. The lowest BCUT2D eigenvalue weighted by molar-refractivity contribution is -0.118. The first-order valence-corrected chi connectivity index (χ1v) is 4.73. The fraction of sp³-hybridized carbons (Fsp3) is 0.889. The molecule has 1 fully saturated rings. The molecule has 0 spiro atoms. The van der Waals surface area contributed by atoms with Gasteiger partial charge in [-0.05, 0) is 12.8 Å². The number of nitrogens with one attached hydrogen (secondary N) is 1. The molecule has 4 nitrogen and oxygen atoms in total. The number of ether oxygens (including phenoxy) is 2. The number of hydrogen-bond acceptors (Lipinski definition) is 3. The van der Waals surface area contributed by atoms with Gasteiger partial charge in [-0.2, -0.15) is 0 Å². The summed E-state index contributed by atoms with van der Waals surface area (Å²) >= 11 is 0. The average molecular weight is 187 g/mol. The summed E-state index contributed by atoms with van der Waals surface area (Å²) in [6.07, 6.45) is 2.33. The number of carbonyl (C=O) groups is 1. The molecule has 1 aliphatic heterocycles. The summed E-state index contributed by atoms with van der Waals surface area (Å²) in [5.74, 6) is 0.0345. The van der Waals surface area contributed by atoms with Crippen LogP contribution < -0.4 is 5.32 Å². The van der Waals surface area contributed by atoms with Crippen molar-refractivity contribution in [3.63, 3.8) is 0 Å². The maximum Gasteiger partial charge on any atom is 0.216 e. The SMILES string of the molecule is CC(=O)NCCCCOCC1CO1. The molecule has 1 aliphatic rings. The maximum absolute atomic E-state index is 10.5. The van der Waals surface area contributed by atoms with E-state index in [0.717, 1.165) is 39.2 Å². The van der Waals surface area contributed by atoms with Crippen LogP contribution in [0.1, 0.15) is 19.8 Å². The van der Waals surface area contributed by atoms with Gasteiger partial charge in [0.15, 0.2) is 0 Å². The zero-order valence-corrected chi connectivity index (χ0v) is 8.04. The molecule has 0 radical (unpaired) electrons. The molecular weight excluding hydrogens is 170 g/mol. The number of hydrogen-bond donors (Lipinski definition) is 1. The topological polar surface area (TPSA) is 50.9 Å². The Bertz CT molecular complexity index is 157. The van der Waals surface area contributed by atoms with E-state index in [4.69, 9.17) is 9.47 Å². The Labute approximate surface area is 78.6 Å². The highest BCUT2D eigenvalue weighted by atomic mass is 16.6. The molecule has 1 amide bonds. The van der Waals surface area contributed by atoms with Crippen molar-refractivity contribution in [1.82, 2.24) is 5.32 Å². The summed E-state index contributed by atoms with van der Waals surface area (Å²) in [6.45, 7) is 4.62. The molecular formula is C9H17NO3. The number of rotatable bonds is 7. The summed E-state index contributed by atoms with van der Waals surface area (Å²) < 4.78 is 10.3. The predicted octanol–water partition coefficient (Wildman–Crippen LogP) is 0.318. The van der Waals surface area contributed by atoms with Crippen LogP contribution in [-0.4, -0.2) is 38.4 Å². The molecule has 0 aromatic heterocycles. The van der Waals surface area contributed by atoms with E-state index in [1.165, 1.54) is 6.92 Å². The first kappa shape index (κ1) is 10.5. The summed E-state index contributed by atoms with van der Waals surface area (Å²) in [5, 5.41) is 2.74. The molecule has 1 N–H and O–H groups in total. The zero-order valence-electron chi connectivity index (χ0n) is 8.04. The third-order valence-electron chi connectivity index (χ3n) is 1.80. The highest BCUT2D eigenvalue weighted by molar-refractivity contribution is 5.72. The highest BCUT2D eigenvalue weighted by Gasteiger charge is 2.21. The fourth-order valence-corrected chi connectivity index (χ4v) is 0.973. The van der Waals surface area contributed by atoms with Crippen LogP contribution in [0.15, 0.2) is 0 Å². The van der Waals surface area contributed by atoms with Gasteiger partial charge in [0.1, 0.15) is 6.10 Å². The Hall–Kier alpha value is -0.610. The zero-order chi connectivity index (χ0) is 9.52. The van der Waals surface area contributed by atoms with Crippen molar-refractivity contribution >= 4 is 5.91 Å². The van der Waals surface area contributed by atoms with Gasteiger partial charge < -0.3 is 14.8 Å². The van der Waals surface area contributed by atoms with E-state index in [0.29, 0.717) is 6.10 Å². The molecule has 0 aromatic rings. The van der Waals surface area contributed by atoms with E-state index in [9.17, 15) is 4.79 Å². The van der Waals surface area contributed by atoms with Crippen LogP contribution in [0.4, 0.5) is 0 Å². The third kappa shape index (κ3) is 6.54. The molecule has 4 heteroatoms. The Morgan fingerprint density at radius 3 is 3.00 bits per heavy atom. The second-order valence-corrected chi connectivity index (χ2v) is 3.22. The molecule has 0 saturated carbocycles. The Morgan fingerprint density at radius 1 is 1.62 bits per heavy atom. The van der Waals surface area contributed by atoms with Crippen LogP contribution in [0.2, 0.25) is 0 Å². The molecule has 76 valence electrons. The quantitative estimate of drug-likeness (QED) is 0.461. The van der Waals surface area contributed by atoms with Gasteiger partial charge in [-0.3, -0.25) is 4.79 Å². The van der Waals surface area contributed by atoms with Gasteiger partial charge in [0, 0.05) is 20.1 Å². The van der Waals surface area contributed by atoms with Crippen molar-refractivity contribution in [2.45, 2.75) is 25.9 Å². The Balaban J connectivity index is 1.70. The van der Waals surface area contributed by atoms with Crippen molar-refractivity contribution < 1.29 is 14.3 Å². The fourth-order valence-electron chi connectivity index (χ4n) is 0.973.